The van der Waals surface area contributed by atoms with Gasteiger partial charge in [0.05, 0.1) is 0 Å². The van der Waals surface area contributed by atoms with Gasteiger partial charge in [0.15, 0.2) is 0 Å². The Hall–Kier alpha value is -3.10. The number of imide groups is 1. The fourth-order valence-corrected chi connectivity index (χ4v) is 2.85. The molecule has 0 radical (unpaired) electrons. The van der Waals surface area contributed by atoms with Crippen LogP contribution >= 0.6 is 0 Å². The third kappa shape index (κ3) is 7.81. The van der Waals surface area contributed by atoms with Crippen LogP contribution in [0.3, 0.4) is 0 Å². The first kappa shape index (κ1) is 22.2. The van der Waals surface area contributed by atoms with E-state index in [0.29, 0.717) is 31.0 Å². The number of hydrogen-bond acceptors (Lipinski definition) is 6. The zero-order valence-corrected chi connectivity index (χ0v) is 16.3. The van der Waals surface area contributed by atoms with Crippen molar-refractivity contribution < 1.29 is 29.1 Å². The fourth-order valence-electron chi connectivity index (χ4n) is 2.85. The average Bonchev–Trinajstić information content (AvgIpc) is 3.01. The maximum Gasteiger partial charge on any atom is 0.432 e. The van der Waals surface area contributed by atoms with E-state index in [1.165, 1.54) is 0 Å². The third-order valence-electron chi connectivity index (χ3n) is 4.49. The van der Waals surface area contributed by atoms with E-state index in [1.54, 1.807) is 18.2 Å². The van der Waals surface area contributed by atoms with E-state index in [-0.39, 0.29) is 24.5 Å². The van der Waals surface area contributed by atoms with Gasteiger partial charge < -0.3 is 20.6 Å². The predicted molar refractivity (Wildman–Crippen MR) is 103 cm³/mol. The van der Waals surface area contributed by atoms with E-state index in [9.17, 15) is 24.3 Å². The van der Waals surface area contributed by atoms with Crippen molar-refractivity contribution in [3.05, 3.63) is 29.8 Å². The predicted octanol–water partition coefficient (Wildman–Crippen LogP) is 1.79. The van der Waals surface area contributed by atoms with Gasteiger partial charge in [-0.15, -0.1) is 5.06 Å². The molecule has 0 unspecified atom stereocenters. The Morgan fingerprint density at radius 2 is 1.59 bits per heavy atom. The summed E-state index contributed by atoms with van der Waals surface area (Å²) in [4.78, 5) is 50.7. The lowest BCUT2D eigenvalue weighted by atomic mass is 10.1. The number of para-hydroxylation sites is 1. The Bertz CT molecular complexity index is 721. The molecule has 1 saturated heterocycles. The summed E-state index contributed by atoms with van der Waals surface area (Å²) in [6.07, 6.45) is 3.43. The van der Waals surface area contributed by atoms with E-state index < -0.39 is 17.9 Å². The second-order valence-corrected chi connectivity index (χ2v) is 6.78. The van der Waals surface area contributed by atoms with Gasteiger partial charge in [-0.2, -0.15) is 0 Å². The van der Waals surface area contributed by atoms with Gasteiger partial charge in [0.1, 0.15) is 5.75 Å². The molecule has 2 rings (SSSR count). The molecular formula is C20H27N3O6. The van der Waals surface area contributed by atoms with Crippen molar-refractivity contribution in [2.45, 2.75) is 51.4 Å². The minimum Gasteiger partial charge on any atom is -0.508 e. The first-order chi connectivity index (χ1) is 14.0. The van der Waals surface area contributed by atoms with Gasteiger partial charge in [-0.25, -0.2) is 4.79 Å². The molecule has 29 heavy (non-hydrogen) atoms. The van der Waals surface area contributed by atoms with E-state index in [1.807, 2.05) is 6.07 Å². The van der Waals surface area contributed by atoms with Crippen LogP contribution in [0, 0.1) is 0 Å². The Morgan fingerprint density at radius 3 is 2.24 bits per heavy atom. The molecule has 3 N–H and O–H groups in total. The zero-order valence-electron chi connectivity index (χ0n) is 16.3. The summed E-state index contributed by atoms with van der Waals surface area (Å²) in [6, 6.07) is 6.97. The minimum atomic E-state index is -0.815. The first-order valence-corrected chi connectivity index (χ1v) is 9.82. The average molecular weight is 405 g/mol. The normalized spacial score (nSPS) is 13.4. The van der Waals surface area contributed by atoms with Gasteiger partial charge in [0.25, 0.3) is 11.8 Å². The van der Waals surface area contributed by atoms with E-state index in [4.69, 9.17) is 4.84 Å². The molecule has 0 atom stereocenters. The van der Waals surface area contributed by atoms with Crippen molar-refractivity contribution >= 4 is 23.8 Å². The molecule has 1 fully saturated rings. The molecule has 0 saturated carbocycles. The number of unbranched alkanes of at least 4 members (excludes halogenated alkanes) is 3. The number of phenolic OH excluding ortho intramolecular Hbond substituents is 1. The first-order valence-electron chi connectivity index (χ1n) is 9.82. The molecule has 0 spiro atoms. The lowest BCUT2D eigenvalue weighted by Crippen LogP contribution is -2.37. The quantitative estimate of drug-likeness (QED) is 0.381. The summed E-state index contributed by atoms with van der Waals surface area (Å²) >= 11 is 0. The zero-order chi connectivity index (χ0) is 21.1. The molecule has 1 aliphatic rings. The van der Waals surface area contributed by atoms with Crippen LogP contribution in [0.5, 0.6) is 5.75 Å². The van der Waals surface area contributed by atoms with Gasteiger partial charge in [-0.1, -0.05) is 31.0 Å². The van der Waals surface area contributed by atoms with Crippen molar-refractivity contribution in [1.29, 1.82) is 0 Å². The van der Waals surface area contributed by atoms with Crippen LogP contribution in [-0.4, -0.2) is 47.1 Å². The summed E-state index contributed by atoms with van der Waals surface area (Å²) in [5, 5.41) is 15.5. The molecule has 0 aromatic heterocycles. The number of hydroxylamine groups is 2. The van der Waals surface area contributed by atoms with Crippen molar-refractivity contribution in [3.63, 3.8) is 0 Å². The minimum absolute atomic E-state index is 0.0522. The van der Waals surface area contributed by atoms with Crippen LogP contribution in [0.1, 0.15) is 50.5 Å². The summed E-state index contributed by atoms with van der Waals surface area (Å²) in [6.45, 7) is 0.955. The van der Waals surface area contributed by atoms with Gasteiger partial charge in [-0.05, 0) is 30.9 Å². The third-order valence-corrected chi connectivity index (χ3v) is 4.49. The van der Waals surface area contributed by atoms with Crippen LogP contribution in [0.4, 0.5) is 4.79 Å². The van der Waals surface area contributed by atoms with Crippen LogP contribution in [0.2, 0.25) is 0 Å². The van der Waals surface area contributed by atoms with Gasteiger partial charge in [-0.3, -0.25) is 14.4 Å². The van der Waals surface area contributed by atoms with Crippen molar-refractivity contribution in [2.24, 2.45) is 0 Å². The second kappa shape index (κ2) is 11.7. The highest BCUT2D eigenvalue weighted by Gasteiger charge is 2.32. The highest BCUT2D eigenvalue weighted by Crippen LogP contribution is 2.17. The highest BCUT2D eigenvalue weighted by atomic mass is 16.7. The van der Waals surface area contributed by atoms with Crippen LogP contribution < -0.4 is 10.6 Å². The van der Waals surface area contributed by atoms with Crippen LogP contribution in [0.25, 0.3) is 0 Å². The van der Waals surface area contributed by atoms with Gasteiger partial charge >= 0.3 is 6.09 Å². The number of phenols is 1. The smallest absolute Gasteiger partial charge is 0.432 e. The van der Waals surface area contributed by atoms with Gasteiger partial charge in [0, 0.05) is 32.4 Å². The second-order valence-electron chi connectivity index (χ2n) is 6.78. The molecule has 9 heteroatoms. The van der Waals surface area contributed by atoms with Gasteiger partial charge in [0.2, 0.25) is 5.91 Å². The number of nitrogens with zero attached hydrogens (tertiary/aromatic N) is 1. The topological polar surface area (TPSA) is 125 Å². The van der Waals surface area contributed by atoms with Crippen molar-refractivity contribution in [2.75, 3.05) is 13.1 Å². The standard InChI is InChI=1S/C20H27N3O6/c24-16-8-4-3-7-15(16)9-10-17(25)21-13-5-1-2-6-14-22-20(28)29-23-18(26)11-12-19(23)27/h3-4,7-8,24H,1-2,5-6,9-14H2,(H,21,25)(H,22,28). The molecule has 1 heterocycles. The maximum absolute atomic E-state index is 11.8. The Morgan fingerprint density at radius 1 is 0.966 bits per heavy atom. The number of nitrogens with one attached hydrogen (secondary N) is 2. The monoisotopic (exact) mass is 405 g/mol. The van der Waals surface area contributed by atoms with Crippen LogP contribution in [-0.2, 0) is 25.6 Å². The number of carbonyl (C=O) groups is 4. The van der Waals surface area contributed by atoms with Crippen LogP contribution in [0.15, 0.2) is 24.3 Å². The number of carbonyl (C=O) groups excluding carboxylic acids is 4. The molecule has 0 aliphatic carbocycles. The molecule has 9 nitrogen and oxygen atoms in total. The lowest BCUT2D eigenvalue weighted by Gasteiger charge is -2.13. The summed E-state index contributed by atoms with van der Waals surface area (Å²) < 4.78 is 0. The Balaban J connectivity index is 1.44. The number of aryl methyl sites for hydroxylation is 1. The summed E-state index contributed by atoms with van der Waals surface area (Å²) in [5.74, 6) is -0.861. The molecule has 1 aromatic rings. The molecule has 1 aromatic carbocycles. The van der Waals surface area contributed by atoms with E-state index in [2.05, 4.69) is 10.6 Å². The molecule has 0 bridgehead atoms. The van der Waals surface area contributed by atoms with Crippen molar-refractivity contribution in [3.8, 4) is 5.75 Å². The SMILES string of the molecule is O=C(CCc1ccccc1O)NCCCCCCNC(=O)ON1C(=O)CCC1=O. The molecular weight excluding hydrogens is 378 g/mol. The summed E-state index contributed by atoms with van der Waals surface area (Å²) in [5.41, 5.74) is 0.757. The molecule has 4 amide bonds. The van der Waals surface area contributed by atoms with E-state index in [0.717, 1.165) is 31.2 Å². The number of benzene rings is 1. The van der Waals surface area contributed by atoms with Crippen molar-refractivity contribution in [1.82, 2.24) is 15.7 Å². The molecule has 158 valence electrons. The lowest BCUT2D eigenvalue weighted by molar-refractivity contribution is -0.171. The Kier molecular flexibility index (Phi) is 8.94. The highest BCUT2D eigenvalue weighted by molar-refractivity contribution is 6.01. The van der Waals surface area contributed by atoms with E-state index >= 15 is 0 Å². The number of hydrogen-bond donors (Lipinski definition) is 3. The fraction of sp³-hybridized carbons (Fsp3) is 0.500. The Labute approximate surface area is 169 Å². The molecule has 1 aliphatic heterocycles. The largest absolute Gasteiger partial charge is 0.508 e. The summed E-state index contributed by atoms with van der Waals surface area (Å²) in [7, 11) is 0. The number of rotatable bonds is 11. The number of amides is 4. The maximum atomic E-state index is 11.8. The number of aromatic hydroxyl groups is 1.